The molecule has 0 saturated heterocycles. The molecule has 6 nitrogen and oxygen atoms in total. The van der Waals surface area contributed by atoms with Gasteiger partial charge in [-0.05, 0) is 56.9 Å². The predicted octanol–water partition coefficient (Wildman–Crippen LogP) is 4.52. The van der Waals surface area contributed by atoms with Crippen LogP contribution in [0.5, 0.6) is 11.5 Å². The standard InChI is InChI=1S/C22H26FN3O3S/c1-26(2)11-4-12-27-19-9-7-17(8-10-19)22-25-24-21(29-22)16-30-14-13-28-20-6-3-5-18(23)15-20/h3,5-10,15H,4,11-14,16H2,1-2H3. The Bertz CT molecular complexity index is 903. The molecule has 0 aliphatic carbocycles. The van der Waals surface area contributed by atoms with Crippen molar-refractivity contribution >= 4 is 11.8 Å². The fraction of sp³-hybridized carbons (Fsp3) is 0.364. The molecule has 0 aliphatic rings. The zero-order valence-corrected chi connectivity index (χ0v) is 18.0. The predicted molar refractivity (Wildman–Crippen MR) is 116 cm³/mol. The number of nitrogens with zero attached hydrogens (tertiary/aromatic N) is 3. The fourth-order valence-electron chi connectivity index (χ4n) is 2.63. The van der Waals surface area contributed by atoms with Gasteiger partial charge in [-0.25, -0.2) is 4.39 Å². The average molecular weight is 432 g/mol. The van der Waals surface area contributed by atoms with E-state index in [1.165, 1.54) is 12.1 Å². The van der Waals surface area contributed by atoms with E-state index in [1.54, 1.807) is 23.9 Å². The third kappa shape index (κ3) is 7.35. The van der Waals surface area contributed by atoms with Gasteiger partial charge in [0.25, 0.3) is 0 Å². The van der Waals surface area contributed by atoms with Gasteiger partial charge in [0.05, 0.1) is 19.0 Å². The SMILES string of the molecule is CN(C)CCCOc1ccc(-c2nnc(CSCCOc3cccc(F)c3)o2)cc1. The van der Waals surface area contributed by atoms with Crippen molar-refractivity contribution in [2.24, 2.45) is 0 Å². The molecular weight excluding hydrogens is 405 g/mol. The van der Waals surface area contributed by atoms with Gasteiger partial charge in [0.2, 0.25) is 11.8 Å². The van der Waals surface area contributed by atoms with Gasteiger partial charge in [-0.1, -0.05) is 6.07 Å². The summed E-state index contributed by atoms with van der Waals surface area (Å²) in [7, 11) is 4.10. The van der Waals surface area contributed by atoms with Gasteiger partial charge in [0.1, 0.15) is 17.3 Å². The molecular formula is C22H26FN3O3S. The molecule has 0 fully saturated rings. The Kier molecular flexibility index (Phi) is 8.53. The number of thioether (sulfide) groups is 1. The quantitative estimate of drug-likeness (QED) is 0.391. The lowest BCUT2D eigenvalue weighted by molar-refractivity contribution is 0.281. The zero-order chi connectivity index (χ0) is 21.2. The van der Waals surface area contributed by atoms with E-state index in [0.29, 0.717) is 36.5 Å². The minimum atomic E-state index is -0.303. The van der Waals surface area contributed by atoms with Crippen LogP contribution in [0.2, 0.25) is 0 Å². The highest BCUT2D eigenvalue weighted by molar-refractivity contribution is 7.98. The van der Waals surface area contributed by atoms with Crippen molar-refractivity contribution in [3.63, 3.8) is 0 Å². The van der Waals surface area contributed by atoms with Crippen LogP contribution in [0.1, 0.15) is 12.3 Å². The zero-order valence-electron chi connectivity index (χ0n) is 17.2. The first-order chi connectivity index (χ1) is 14.6. The van der Waals surface area contributed by atoms with Gasteiger partial charge in [-0.15, -0.1) is 22.0 Å². The molecule has 1 heterocycles. The number of hydrogen-bond acceptors (Lipinski definition) is 7. The molecule has 0 aliphatic heterocycles. The lowest BCUT2D eigenvalue weighted by Gasteiger charge is -2.10. The van der Waals surface area contributed by atoms with Crippen LogP contribution in [0.4, 0.5) is 4.39 Å². The summed E-state index contributed by atoms with van der Waals surface area (Å²) < 4.78 is 30.1. The van der Waals surface area contributed by atoms with E-state index < -0.39 is 0 Å². The Labute approximate surface area is 180 Å². The van der Waals surface area contributed by atoms with Crippen molar-refractivity contribution in [3.05, 3.63) is 60.2 Å². The van der Waals surface area contributed by atoms with Crippen molar-refractivity contribution < 1.29 is 18.3 Å². The first-order valence-corrected chi connectivity index (χ1v) is 10.9. The fourth-order valence-corrected chi connectivity index (χ4v) is 3.26. The largest absolute Gasteiger partial charge is 0.494 e. The third-order valence-electron chi connectivity index (χ3n) is 4.10. The Morgan fingerprint density at radius 1 is 1.00 bits per heavy atom. The molecule has 0 unspecified atom stereocenters. The van der Waals surface area contributed by atoms with E-state index in [4.69, 9.17) is 13.9 Å². The second-order valence-corrected chi connectivity index (χ2v) is 7.99. The topological polar surface area (TPSA) is 60.6 Å². The van der Waals surface area contributed by atoms with Crippen LogP contribution < -0.4 is 9.47 Å². The molecule has 0 radical (unpaired) electrons. The van der Waals surface area contributed by atoms with E-state index in [0.717, 1.165) is 30.0 Å². The summed E-state index contributed by atoms with van der Waals surface area (Å²) in [5, 5.41) is 8.21. The van der Waals surface area contributed by atoms with Gasteiger partial charge in [0, 0.05) is 23.9 Å². The smallest absolute Gasteiger partial charge is 0.247 e. The number of halogens is 1. The molecule has 3 rings (SSSR count). The molecule has 0 N–H and O–H groups in total. The number of aromatic nitrogens is 2. The summed E-state index contributed by atoms with van der Waals surface area (Å²) in [5.41, 5.74) is 0.855. The van der Waals surface area contributed by atoms with Crippen LogP contribution in [0.15, 0.2) is 52.9 Å². The second kappa shape index (κ2) is 11.6. The molecule has 30 heavy (non-hydrogen) atoms. The van der Waals surface area contributed by atoms with Gasteiger partial charge >= 0.3 is 0 Å². The highest BCUT2D eigenvalue weighted by Crippen LogP contribution is 2.23. The van der Waals surface area contributed by atoms with Crippen molar-refractivity contribution in [2.75, 3.05) is 39.6 Å². The van der Waals surface area contributed by atoms with Crippen LogP contribution in [0.3, 0.4) is 0 Å². The maximum absolute atomic E-state index is 13.1. The van der Waals surface area contributed by atoms with Gasteiger partial charge in [-0.3, -0.25) is 0 Å². The Hall–Kier alpha value is -2.58. The van der Waals surface area contributed by atoms with Crippen LogP contribution >= 0.6 is 11.8 Å². The van der Waals surface area contributed by atoms with E-state index in [1.807, 2.05) is 38.4 Å². The minimum absolute atomic E-state index is 0.303. The first-order valence-electron chi connectivity index (χ1n) is 9.76. The second-order valence-electron chi connectivity index (χ2n) is 6.89. The lowest BCUT2D eigenvalue weighted by atomic mass is 10.2. The number of hydrogen-bond donors (Lipinski definition) is 0. The van der Waals surface area contributed by atoms with Crippen LogP contribution in [0.25, 0.3) is 11.5 Å². The summed E-state index contributed by atoms with van der Waals surface area (Å²) in [4.78, 5) is 2.13. The van der Waals surface area contributed by atoms with Crippen LogP contribution in [0, 0.1) is 5.82 Å². The minimum Gasteiger partial charge on any atom is -0.494 e. The van der Waals surface area contributed by atoms with Crippen molar-refractivity contribution in [2.45, 2.75) is 12.2 Å². The summed E-state index contributed by atoms with van der Waals surface area (Å²) in [6.45, 7) is 2.16. The average Bonchev–Trinajstić information content (AvgIpc) is 3.20. The van der Waals surface area contributed by atoms with E-state index in [-0.39, 0.29) is 5.82 Å². The maximum atomic E-state index is 13.1. The van der Waals surface area contributed by atoms with Crippen molar-refractivity contribution in [3.8, 4) is 23.0 Å². The van der Waals surface area contributed by atoms with Gasteiger partial charge in [0.15, 0.2) is 0 Å². The lowest BCUT2D eigenvalue weighted by Crippen LogP contribution is -2.15. The highest BCUT2D eigenvalue weighted by Gasteiger charge is 2.09. The molecule has 0 bridgehead atoms. The number of ether oxygens (including phenoxy) is 2. The highest BCUT2D eigenvalue weighted by atomic mass is 32.2. The van der Waals surface area contributed by atoms with Gasteiger partial charge < -0.3 is 18.8 Å². The Balaban J connectivity index is 1.39. The van der Waals surface area contributed by atoms with Crippen LogP contribution in [-0.2, 0) is 5.75 Å². The van der Waals surface area contributed by atoms with E-state index >= 15 is 0 Å². The summed E-state index contributed by atoms with van der Waals surface area (Å²) >= 11 is 1.62. The number of benzene rings is 2. The van der Waals surface area contributed by atoms with Crippen LogP contribution in [-0.4, -0.2) is 54.7 Å². The molecule has 8 heteroatoms. The van der Waals surface area contributed by atoms with E-state index in [2.05, 4.69) is 15.1 Å². The molecule has 1 aromatic heterocycles. The van der Waals surface area contributed by atoms with E-state index in [9.17, 15) is 4.39 Å². The molecule has 0 spiro atoms. The molecule has 3 aromatic rings. The molecule has 160 valence electrons. The third-order valence-corrected chi connectivity index (χ3v) is 5.01. The summed E-state index contributed by atoms with van der Waals surface area (Å²) in [6, 6.07) is 13.8. The maximum Gasteiger partial charge on any atom is 0.247 e. The molecule has 0 amide bonds. The molecule has 0 saturated carbocycles. The monoisotopic (exact) mass is 431 g/mol. The van der Waals surface area contributed by atoms with Crippen molar-refractivity contribution in [1.82, 2.24) is 15.1 Å². The number of rotatable bonds is 12. The Morgan fingerprint density at radius 2 is 1.80 bits per heavy atom. The van der Waals surface area contributed by atoms with Gasteiger partial charge in [-0.2, -0.15) is 0 Å². The Morgan fingerprint density at radius 3 is 2.57 bits per heavy atom. The molecule has 0 atom stereocenters. The summed E-state index contributed by atoms with van der Waals surface area (Å²) in [5.74, 6) is 3.42. The summed E-state index contributed by atoms with van der Waals surface area (Å²) in [6.07, 6.45) is 0.979. The normalized spacial score (nSPS) is 11.1. The molecule has 2 aromatic carbocycles. The van der Waals surface area contributed by atoms with Crippen molar-refractivity contribution in [1.29, 1.82) is 0 Å². The first kappa shape index (κ1) is 22.1.